The minimum Gasteiger partial charge on any atom is -0.497 e. The van der Waals surface area contributed by atoms with Crippen LogP contribution in [0.1, 0.15) is 38.9 Å². The lowest BCUT2D eigenvalue weighted by Gasteiger charge is -2.15. The maximum atomic E-state index is 13.7. The average Bonchev–Trinajstić information content (AvgIpc) is 3.24. The topological polar surface area (TPSA) is 57.5 Å². The number of hydrogen-bond acceptors (Lipinski definition) is 4. The number of esters is 1. The summed E-state index contributed by atoms with van der Waals surface area (Å²) in [6.45, 7) is 2.38. The largest absolute Gasteiger partial charge is 0.497 e. The van der Waals surface area contributed by atoms with Crippen molar-refractivity contribution in [3.63, 3.8) is 0 Å². The summed E-state index contributed by atoms with van der Waals surface area (Å²) in [5.41, 5.74) is 3.74. The average molecular weight is 440 g/mol. The third-order valence-electron chi connectivity index (χ3n) is 5.41. The van der Waals surface area contributed by atoms with E-state index in [0.717, 1.165) is 22.6 Å². The van der Waals surface area contributed by atoms with Crippen molar-refractivity contribution < 1.29 is 19.1 Å². The molecule has 0 N–H and O–H groups in total. The van der Waals surface area contributed by atoms with Gasteiger partial charge in [-0.05, 0) is 36.2 Å². The fourth-order valence-electron chi connectivity index (χ4n) is 3.81. The predicted molar refractivity (Wildman–Crippen MR) is 128 cm³/mol. The van der Waals surface area contributed by atoms with Gasteiger partial charge in [-0.2, -0.15) is 0 Å². The van der Waals surface area contributed by atoms with Gasteiger partial charge in [0.1, 0.15) is 11.4 Å². The fraction of sp³-hybridized carbons (Fsp3) is 0.143. The highest BCUT2D eigenvalue weighted by Gasteiger charge is 2.27. The predicted octanol–water partition coefficient (Wildman–Crippen LogP) is 5.62. The zero-order valence-corrected chi connectivity index (χ0v) is 18.7. The van der Waals surface area contributed by atoms with E-state index in [1.807, 2.05) is 77.4 Å². The summed E-state index contributed by atoms with van der Waals surface area (Å²) in [5.74, 6) is 0.0131. The highest BCUT2D eigenvalue weighted by molar-refractivity contribution is 6.14. The second-order valence-corrected chi connectivity index (χ2v) is 7.51. The molecule has 0 spiro atoms. The Morgan fingerprint density at radius 2 is 1.48 bits per heavy atom. The van der Waals surface area contributed by atoms with E-state index >= 15 is 0 Å². The molecule has 0 amide bonds. The number of ether oxygens (including phenoxy) is 2. The van der Waals surface area contributed by atoms with E-state index in [9.17, 15) is 9.59 Å². The number of ketones is 1. The lowest BCUT2D eigenvalue weighted by molar-refractivity contribution is 0.0523. The quantitative estimate of drug-likeness (QED) is 0.264. The number of rotatable bonds is 8. The zero-order valence-electron chi connectivity index (χ0n) is 18.7. The van der Waals surface area contributed by atoms with Crippen molar-refractivity contribution in [1.29, 1.82) is 0 Å². The van der Waals surface area contributed by atoms with Gasteiger partial charge < -0.3 is 14.0 Å². The molecule has 0 aliphatic heterocycles. The molecule has 33 heavy (non-hydrogen) atoms. The van der Waals surface area contributed by atoms with Gasteiger partial charge in [0.05, 0.1) is 19.3 Å². The Morgan fingerprint density at radius 1 is 0.848 bits per heavy atom. The summed E-state index contributed by atoms with van der Waals surface area (Å²) in [6.07, 6.45) is 0. The van der Waals surface area contributed by atoms with Crippen molar-refractivity contribution in [2.75, 3.05) is 13.7 Å². The Kier molecular flexibility index (Phi) is 6.69. The lowest BCUT2D eigenvalue weighted by Crippen LogP contribution is -2.17. The Hall–Kier alpha value is -4.12. The van der Waals surface area contributed by atoms with Crippen LogP contribution in [0.15, 0.2) is 91.0 Å². The van der Waals surface area contributed by atoms with Crippen LogP contribution in [0.5, 0.6) is 5.75 Å². The van der Waals surface area contributed by atoms with Gasteiger partial charge in [0.15, 0.2) is 0 Å². The number of carbonyl (C=O) groups excluding carboxylic acids is 2. The maximum absolute atomic E-state index is 13.7. The van der Waals surface area contributed by atoms with Crippen molar-refractivity contribution >= 4 is 11.8 Å². The Balaban J connectivity index is 1.92. The van der Waals surface area contributed by atoms with Gasteiger partial charge >= 0.3 is 5.97 Å². The molecule has 0 radical (unpaired) electrons. The fourth-order valence-corrected chi connectivity index (χ4v) is 3.81. The number of carbonyl (C=O) groups is 2. The summed E-state index contributed by atoms with van der Waals surface area (Å²) >= 11 is 0. The zero-order chi connectivity index (χ0) is 23.2. The molecule has 4 aromatic rings. The van der Waals surface area contributed by atoms with Crippen LogP contribution in [0.25, 0.3) is 11.3 Å². The van der Waals surface area contributed by atoms with E-state index in [1.54, 1.807) is 32.2 Å². The summed E-state index contributed by atoms with van der Waals surface area (Å²) in [6, 6.07) is 28.1. The normalized spacial score (nSPS) is 10.6. The van der Waals surface area contributed by atoms with E-state index in [2.05, 4.69) is 0 Å². The molecular formula is C28H25NO4. The first kappa shape index (κ1) is 22.1. The van der Waals surface area contributed by atoms with Crippen LogP contribution in [0.3, 0.4) is 0 Å². The van der Waals surface area contributed by atoms with Crippen LogP contribution >= 0.6 is 0 Å². The molecule has 0 saturated heterocycles. The van der Waals surface area contributed by atoms with Gasteiger partial charge in [-0.25, -0.2) is 4.79 Å². The number of hydrogen-bond donors (Lipinski definition) is 0. The van der Waals surface area contributed by atoms with Gasteiger partial charge in [0, 0.05) is 17.8 Å². The molecule has 5 nitrogen and oxygen atoms in total. The maximum Gasteiger partial charge on any atom is 0.340 e. The Bertz CT molecular complexity index is 1240. The Morgan fingerprint density at radius 3 is 2.09 bits per heavy atom. The second kappa shape index (κ2) is 10.0. The first-order chi connectivity index (χ1) is 16.1. The smallest absolute Gasteiger partial charge is 0.340 e. The van der Waals surface area contributed by atoms with Crippen LogP contribution in [0.2, 0.25) is 0 Å². The minimum absolute atomic E-state index is 0.224. The van der Waals surface area contributed by atoms with Crippen LogP contribution in [0.4, 0.5) is 0 Å². The third-order valence-corrected chi connectivity index (χ3v) is 5.41. The van der Waals surface area contributed by atoms with Gasteiger partial charge in [-0.15, -0.1) is 0 Å². The summed E-state index contributed by atoms with van der Waals surface area (Å²) in [7, 11) is 1.62. The molecule has 3 aromatic carbocycles. The molecule has 0 bridgehead atoms. The number of aromatic nitrogens is 1. The van der Waals surface area contributed by atoms with E-state index in [1.165, 1.54) is 0 Å². The number of methoxy groups -OCH3 is 1. The Labute approximate surface area is 193 Å². The van der Waals surface area contributed by atoms with Gasteiger partial charge in [0.2, 0.25) is 5.78 Å². The monoisotopic (exact) mass is 439 g/mol. The summed E-state index contributed by atoms with van der Waals surface area (Å²) in [5, 5.41) is 0. The molecule has 5 heteroatoms. The molecule has 1 aromatic heterocycles. The molecule has 0 atom stereocenters. The van der Waals surface area contributed by atoms with Crippen molar-refractivity contribution in [1.82, 2.24) is 4.57 Å². The molecular weight excluding hydrogens is 414 g/mol. The van der Waals surface area contributed by atoms with Crippen molar-refractivity contribution in [2.24, 2.45) is 0 Å². The molecule has 166 valence electrons. The van der Waals surface area contributed by atoms with E-state index in [-0.39, 0.29) is 18.0 Å². The standard InChI is InChI=1S/C28H25NO4/c1-3-33-28(31)24-18-25(21-10-6-4-7-11-21)29(19-20-14-16-23(32-2)17-15-20)26(24)27(30)22-12-8-5-9-13-22/h4-18H,3,19H2,1-2H3. The molecule has 0 aliphatic rings. The van der Waals surface area contributed by atoms with E-state index < -0.39 is 5.97 Å². The second-order valence-electron chi connectivity index (χ2n) is 7.51. The van der Waals surface area contributed by atoms with Crippen LogP contribution in [-0.2, 0) is 11.3 Å². The number of nitrogens with zero attached hydrogens (tertiary/aromatic N) is 1. The van der Waals surface area contributed by atoms with Crippen LogP contribution in [-0.4, -0.2) is 30.0 Å². The van der Waals surface area contributed by atoms with Gasteiger partial charge in [-0.3, -0.25) is 4.79 Å². The lowest BCUT2D eigenvalue weighted by atomic mass is 10.0. The van der Waals surface area contributed by atoms with Gasteiger partial charge in [0.25, 0.3) is 0 Å². The van der Waals surface area contributed by atoms with Crippen LogP contribution in [0, 0.1) is 0 Å². The molecule has 0 unspecified atom stereocenters. The molecule has 1 heterocycles. The molecule has 0 saturated carbocycles. The van der Waals surface area contributed by atoms with Crippen molar-refractivity contribution in [2.45, 2.75) is 13.5 Å². The van der Waals surface area contributed by atoms with E-state index in [4.69, 9.17) is 9.47 Å². The minimum atomic E-state index is -0.512. The van der Waals surface area contributed by atoms with Gasteiger partial charge in [-0.1, -0.05) is 72.8 Å². The van der Waals surface area contributed by atoms with E-state index in [0.29, 0.717) is 17.8 Å². The molecule has 0 fully saturated rings. The van der Waals surface area contributed by atoms with Crippen molar-refractivity contribution in [3.05, 3.63) is 113 Å². The first-order valence-corrected chi connectivity index (χ1v) is 10.8. The van der Waals surface area contributed by atoms with Crippen molar-refractivity contribution in [3.8, 4) is 17.0 Å². The third kappa shape index (κ3) is 4.72. The highest BCUT2D eigenvalue weighted by atomic mass is 16.5. The van der Waals surface area contributed by atoms with Crippen LogP contribution < -0.4 is 4.74 Å². The summed E-state index contributed by atoms with van der Waals surface area (Å²) < 4.78 is 12.5. The SMILES string of the molecule is CCOC(=O)c1cc(-c2ccccc2)n(Cc2ccc(OC)cc2)c1C(=O)c1ccccc1. The highest BCUT2D eigenvalue weighted by Crippen LogP contribution is 2.30. The first-order valence-electron chi connectivity index (χ1n) is 10.8. The number of benzene rings is 3. The summed E-state index contributed by atoms with van der Waals surface area (Å²) in [4.78, 5) is 26.6. The molecule has 4 rings (SSSR count). The molecule has 0 aliphatic carbocycles.